The third kappa shape index (κ3) is 9.08. The summed E-state index contributed by atoms with van der Waals surface area (Å²) < 4.78 is 0. The smallest absolute Gasteiger partial charge is 0.176 e. The Morgan fingerprint density at radius 2 is 1.25 bits per heavy atom. The predicted octanol–water partition coefficient (Wildman–Crippen LogP) is -1.02. The molecule has 0 unspecified atom stereocenters. The Morgan fingerprint density at radius 1 is 1.25 bits per heavy atom. The van der Waals surface area contributed by atoms with Gasteiger partial charge in [0, 0.05) is 59.5 Å². The molecule has 4 heteroatoms. The maximum atomic E-state index is 6.92. The van der Waals surface area contributed by atoms with Crippen LogP contribution in [0.4, 0.5) is 0 Å². The second-order valence-electron chi connectivity index (χ2n) is 0. The molecule has 0 aromatic carbocycles. The van der Waals surface area contributed by atoms with Crippen molar-refractivity contribution in [3.8, 4) is 0 Å². The van der Waals surface area contributed by atoms with E-state index in [1.54, 1.807) is 0 Å². The molecule has 2 radical (unpaired) electrons. The van der Waals surface area contributed by atoms with Crippen molar-refractivity contribution in [2.45, 2.75) is 0 Å². The van der Waals surface area contributed by atoms with Gasteiger partial charge in [-0.3, -0.25) is 4.89 Å². The van der Waals surface area contributed by atoms with Crippen LogP contribution in [0.15, 0.2) is 0 Å². The van der Waals surface area contributed by atoms with Crippen LogP contribution in [0.1, 0.15) is 0 Å². The van der Waals surface area contributed by atoms with E-state index in [0.717, 1.165) is 0 Å². The van der Waals surface area contributed by atoms with Gasteiger partial charge in [-0.1, -0.05) is 0 Å². The van der Waals surface area contributed by atoms with E-state index < -0.39 is 0 Å². The molecule has 0 N–H and O–H groups in total. The topological polar surface area (TPSA) is 23.8 Å². The summed E-state index contributed by atoms with van der Waals surface area (Å²) in [5, 5.41) is 0. The van der Waals surface area contributed by atoms with Crippen molar-refractivity contribution in [2.24, 2.45) is 0 Å². The van der Waals surface area contributed by atoms with Gasteiger partial charge in [0.05, 0.1) is 0 Å². The van der Waals surface area contributed by atoms with Crippen LogP contribution in [0.25, 0.3) is 0 Å². The predicted molar refractivity (Wildman–Crippen MR) is 14.6 cm³/mol. The fraction of sp³-hybridized carbons (Fsp3) is 0. The minimum atomic E-state index is 0. The molecule has 0 fully saturated rings. The van der Waals surface area contributed by atoms with Crippen LogP contribution >= 0.6 is 0 Å². The van der Waals surface area contributed by atoms with Gasteiger partial charge < -0.3 is 0 Å². The number of rotatable bonds is 0. The molecule has 0 bridgehead atoms. The Balaban J connectivity index is -0.00000000500. The van der Waals surface area contributed by atoms with Gasteiger partial charge in [0.2, 0.25) is 0 Å². The van der Waals surface area contributed by atoms with Gasteiger partial charge >= 0.3 is 0 Å². The van der Waals surface area contributed by atoms with Crippen molar-refractivity contribution in [2.75, 3.05) is 0 Å². The molecule has 0 aromatic heterocycles. The van der Waals surface area contributed by atoms with Crippen molar-refractivity contribution in [3.05, 3.63) is 0 Å². The SMILES string of the molecule is N#[SiH].[Ca].[Ti]. The maximum absolute atomic E-state index is 6.92. The minimum absolute atomic E-state index is 0. The Bertz CT molecular complexity index is 12.8. The van der Waals surface area contributed by atoms with Crippen molar-refractivity contribution in [1.82, 2.24) is 0 Å². The maximum Gasteiger partial charge on any atom is 0.176 e. The first-order valence-electron chi connectivity index (χ1n) is 0.258. The molecule has 0 saturated carbocycles. The van der Waals surface area contributed by atoms with Gasteiger partial charge in [0.15, 0.2) is 9.88 Å². The summed E-state index contributed by atoms with van der Waals surface area (Å²) in [6.07, 6.45) is 0. The third-order valence-corrected chi connectivity index (χ3v) is 0. The molecule has 0 rings (SSSR count). The Morgan fingerprint density at radius 3 is 1.25 bits per heavy atom. The Kier molecular flexibility index (Phi) is 86.9. The average molecular weight is 131 g/mol. The molecular weight excluding hydrogens is 130 g/mol. The first-order chi connectivity index (χ1) is 1.00. The zero-order valence-corrected chi connectivity index (χ0v) is 7.16. The first kappa shape index (κ1) is 16.8. The average Bonchev–Trinajstić information content (AvgIpc) is 1.00. The molecule has 0 heterocycles. The molecule has 0 aromatic rings. The normalized spacial score (nSPS) is 0.500. The summed E-state index contributed by atoms with van der Waals surface area (Å²) in [6.45, 7) is 0. The van der Waals surface area contributed by atoms with E-state index in [9.17, 15) is 0 Å². The Hall–Kier alpha value is 1.90. The van der Waals surface area contributed by atoms with Crippen LogP contribution in [-0.2, 0) is 21.7 Å². The molecule has 0 spiro atoms. The minimum Gasteiger partial charge on any atom is -0.289 e. The summed E-state index contributed by atoms with van der Waals surface area (Å²) in [7, 11) is 1.42. The van der Waals surface area contributed by atoms with Crippen LogP contribution in [0.5, 0.6) is 0 Å². The van der Waals surface area contributed by atoms with Gasteiger partial charge in [-0.25, -0.2) is 0 Å². The monoisotopic (exact) mass is 131 g/mol. The fourth-order valence-electron chi connectivity index (χ4n) is 0. The van der Waals surface area contributed by atoms with Crippen molar-refractivity contribution >= 4 is 47.6 Å². The van der Waals surface area contributed by atoms with Gasteiger partial charge in [0.25, 0.3) is 0 Å². The first-order valence-corrected chi connectivity index (χ1v) is 0.775. The van der Waals surface area contributed by atoms with Gasteiger partial charge in [0.1, 0.15) is 0 Å². The van der Waals surface area contributed by atoms with E-state index in [0.29, 0.717) is 0 Å². The van der Waals surface area contributed by atoms with Crippen molar-refractivity contribution in [3.63, 3.8) is 0 Å². The summed E-state index contributed by atoms with van der Waals surface area (Å²) >= 11 is 0. The van der Waals surface area contributed by atoms with Crippen LogP contribution in [0, 0.1) is 4.89 Å². The summed E-state index contributed by atoms with van der Waals surface area (Å²) in [5.41, 5.74) is 0. The molecule has 4 heavy (non-hydrogen) atoms. The molecule has 1 nitrogen and oxygen atoms in total. The van der Waals surface area contributed by atoms with E-state index in [4.69, 9.17) is 4.89 Å². The number of hydrogen-bond acceptors (Lipinski definition) is 1. The number of nitrogens with zero attached hydrogens (tertiary/aromatic N) is 1. The van der Waals surface area contributed by atoms with Crippen LogP contribution < -0.4 is 0 Å². The van der Waals surface area contributed by atoms with Crippen LogP contribution in [0.2, 0.25) is 0 Å². The van der Waals surface area contributed by atoms with Crippen LogP contribution in [0.3, 0.4) is 0 Å². The molecule has 16 valence electrons. The van der Waals surface area contributed by atoms with E-state index >= 15 is 0 Å². The van der Waals surface area contributed by atoms with E-state index in [1.807, 2.05) is 0 Å². The fourth-order valence-corrected chi connectivity index (χ4v) is 0. The Labute approximate surface area is 73.0 Å². The number of hydrogen-bond donors (Lipinski definition) is 0. The quantitative estimate of drug-likeness (QED) is 0.386. The molecule has 0 amide bonds. The van der Waals surface area contributed by atoms with E-state index in [1.165, 1.54) is 9.88 Å². The zero-order chi connectivity index (χ0) is 2.00. The standard InChI is InChI=1S/Ca.HNSi.Ti/c;1-2;/h;2H;. The van der Waals surface area contributed by atoms with Crippen LogP contribution in [-0.4, -0.2) is 47.6 Å². The third-order valence-electron chi connectivity index (χ3n) is 0. The summed E-state index contributed by atoms with van der Waals surface area (Å²) in [4.78, 5) is 6.92. The zero-order valence-electron chi connectivity index (χ0n) is 2.23. The molecular formula is HCaNSiTi. The summed E-state index contributed by atoms with van der Waals surface area (Å²) in [6, 6.07) is 0. The van der Waals surface area contributed by atoms with E-state index in [2.05, 4.69) is 0 Å². The second kappa shape index (κ2) is 20.6. The molecule has 0 saturated heterocycles. The van der Waals surface area contributed by atoms with Gasteiger partial charge in [-0.2, -0.15) is 0 Å². The molecule has 0 aliphatic heterocycles. The van der Waals surface area contributed by atoms with Gasteiger partial charge in [-0.05, 0) is 0 Å². The molecule has 0 atom stereocenters. The summed E-state index contributed by atoms with van der Waals surface area (Å²) in [5.74, 6) is 0. The van der Waals surface area contributed by atoms with E-state index in [-0.39, 0.29) is 59.5 Å². The molecule has 0 aliphatic carbocycles. The largest absolute Gasteiger partial charge is 0.289 e. The van der Waals surface area contributed by atoms with Crippen molar-refractivity contribution < 1.29 is 21.7 Å². The van der Waals surface area contributed by atoms with Crippen molar-refractivity contribution in [1.29, 1.82) is 4.89 Å². The second-order valence-corrected chi connectivity index (χ2v) is 0. The molecule has 0 aliphatic rings. The van der Waals surface area contributed by atoms with Gasteiger partial charge in [-0.15, -0.1) is 0 Å².